The Balaban J connectivity index is 2.04. The van der Waals surface area contributed by atoms with Crippen LogP contribution in [0.2, 0.25) is 0 Å². The molecule has 0 bridgehead atoms. The molecule has 2 atom stereocenters. The minimum absolute atomic E-state index is 0.0149. The molecule has 0 aromatic heterocycles. The fraction of sp³-hybridized carbons (Fsp3) is 0.350. The Bertz CT molecular complexity index is 580. The highest BCUT2D eigenvalue weighted by atomic mass is 16.5. The number of esters is 1. The van der Waals surface area contributed by atoms with E-state index in [-0.39, 0.29) is 18.3 Å². The Morgan fingerprint density at radius 3 is 2.22 bits per heavy atom. The van der Waals surface area contributed by atoms with Gasteiger partial charge >= 0.3 is 5.97 Å². The molecule has 3 nitrogen and oxygen atoms in total. The first-order valence-electron chi connectivity index (χ1n) is 8.04. The van der Waals surface area contributed by atoms with E-state index in [1.165, 1.54) is 12.7 Å². The van der Waals surface area contributed by atoms with Crippen LogP contribution in [-0.4, -0.2) is 24.3 Å². The van der Waals surface area contributed by atoms with E-state index in [1.54, 1.807) is 0 Å². The minimum atomic E-state index is -0.555. The highest BCUT2D eigenvalue weighted by Gasteiger charge is 2.22. The van der Waals surface area contributed by atoms with Gasteiger partial charge in [-0.25, -0.2) is 0 Å². The van der Waals surface area contributed by atoms with Crippen LogP contribution in [0.1, 0.15) is 36.3 Å². The molecule has 23 heavy (non-hydrogen) atoms. The van der Waals surface area contributed by atoms with Crippen molar-refractivity contribution >= 4 is 5.97 Å². The molecule has 0 saturated carbocycles. The smallest absolute Gasteiger partial charge is 0.305 e. The molecule has 1 N–H and O–H groups in total. The Labute approximate surface area is 137 Å². The van der Waals surface area contributed by atoms with Crippen LogP contribution >= 0.6 is 0 Å². The second-order valence-corrected chi connectivity index (χ2v) is 5.72. The molecule has 0 spiro atoms. The van der Waals surface area contributed by atoms with Crippen molar-refractivity contribution in [2.24, 2.45) is 0 Å². The summed E-state index contributed by atoms with van der Waals surface area (Å²) in [7, 11) is 1.37. The van der Waals surface area contributed by atoms with Gasteiger partial charge in [0.25, 0.3) is 0 Å². The molecule has 0 aliphatic carbocycles. The molecule has 2 unspecified atom stereocenters. The van der Waals surface area contributed by atoms with Crippen molar-refractivity contribution in [3.05, 3.63) is 71.8 Å². The number of hydrogen-bond donors (Lipinski definition) is 1. The second kappa shape index (κ2) is 9.11. The summed E-state index contributed by atoms with van der Waals surface area (Å²) in [4.78, 5) is 11.3. The third-order valence-electron chi connectivity index (χ3n) is 4.15. The van der Waals surface area contributed by atoms with Gasteiger partial charge in [0.1, 0.15) is 0 Å². The van der Waals surface area contributed by atoms with Crippen molar-refractivity contribution in [2.45, 2.75) is 37.7 Å². The quantitative estimate of drug-likeness (QED) is 0.756. The summed E-state index contributed by atoms with van der Waals surface area (Å²) in [6, 6.07) is 20.3. The maximum atomic E-state index is 11.3. The molecule has 0 fully saturated rings. The molecular formula is C20H24O3. The van der Waals surface area contributed by atoms with Gasteiger partial charge in [-0.05, 0) is 30.4 Å². The van der Waals surface area contributed by atoms with Gasteiger partial charge in [-0.15, -0.1) is 0 Å². The number of carbonyl (C=O) groups is 1. The minimum Gasteiger partial charge on any atom is -0.469 e. The molecule has 0 aliphatic heterocycles. The number of aliphatic hydroxyl groups is 1. The number of methoxy groups -OCH3 is 1. The van der Waals surface area contributed by atoms with E-state index in [4.69, 9.17) is 0 Å². The Hall–Kier alpha value is -2.13. The molecule has 3 heteroatoms. The van der Waals surface area contributed by atoms with Crippen LogP contribution in [0.3, 0.4) is 0 Å². The Morgan fingerprint density at radius 2 is 1.61 bits per heavy atom. The summed E-state index contributed by atoms with van der Waals surface area (Å²) >= 11 is 0. The average Bonchev–Trinajstić information content (AvgIpc) is 2.61. The molecule has 0 amide bonds. The summed E-state index contributed by atoms with van der Waals surface area (Å²) in [5.41, 5.74) is 2.37. The Morgan fingerprint density at radius 1 is 1.00 bits per heavy atom. The Kier molecular flexibility index (Phi) is 6.82. The van der Waals surface area contributed by atoms with Gasteiger partial charge < -0.3 is 9.84 Å². The zero-order valence-corrected chi connectivity index (χ0v) is 13.5. The van der Waals surface area contributed by atoms with Crippen molar-refractivity contribution in [3.8, 4) is 0 Å². The largest absolute Gasteiger partial charge is 0.469 e. The van der Waals surface area contributed by atoms with Crippen LogP contribution in [0.4, 0.5) is 0 Å². The summed E-state index contributed by atoms with van der Waals surface area (Å²) in [5, 5.41) is 10.6. The van der Waals surface area contributed by atoms with Crippen LogP contribution in [0, 0.1) is 0 Å². The lowest BCUT2D eigenvalue weighted by Crippen LogP contribution is -2.21. The number of ether oxygens (including phenoxy) is 1. The van der Waals surface area contributed by atoms with E-state index in [0.717, 1.165) is 18.4 Å². The molecule has 122 valence electrons. The van der Waals surface area contributed by atoms with Gasteiger partial charge in [-0.1, -0.05) is 60.7 Å². The fourth-order valence-corrected chi connectivity index (χ4v) is 2.82. The highest BCUT2D eigenvalue weighted by molar-refractivity contribution is 5.69. The molecule has 0 saturated heterocycles. The normalized spacial score (nSPS) is 13.3. The van der Waals surface area contributed by atoms with Gasteiger partial charge in [0.2, 0.25) is 0 Å². The first-order chi connectivity index (χ1) is 11.2. The van der Waals surface area contributed by atoms with E-state index in [1.807, 2.05) is 48.5 Å². The third kappa shape index (κ3) is 5.53. The molecule has 2 rings (SSSR count). The van der Waals surface area contributed by atoms with E-state index in [2.05, 4.69) is 16.9 Å². The summed E-state index contributed by atoms with van der Waals surface area (Å²) < 4.78 is 4.67. The summed E-state index contributed by atoms with van der Waals surface area (Å²) in [6.45, 7) is 0. The average molecular weight is 312 g/mol. The number of aryl methyl sites for hydroxylation is 1. The van der Waals surface area contributed by atoms with Crippen molar-refractivity contribution in [1.29, 1.82) is 0 Å². The van der Waals surface area contributed by atoms with Crippen molar-refractivity contribution < 1.29 is 14.6 Å². The maximum Gasteiger partial charge on any atom is 0.305 e. The number of benzene rings is 2. The van der Waals surface area contributed by atoms with Crippen LogP contribution < -0.4 is 0 Å². The predicted molar refractivity (Wildman–Crippen MR) is 91.2 cm³/mol. The lowest BCUT2D eigenvalue weighted by Gasteiger charge is -2.23. The van der Waals surface area contributed by atoms with Crippen LogP contribution in [0.25, 0.3) is 0 Å². The van der Waals surface area contributed by atoms with Gasteiger partial charge in [0, 0.05) is 12.3 Å². The van der Waals surface area contributed by atoms with E-state index < -0.39 is 6.10 Å². The van der Waals surface area contributed by atoms with Crippen LogP contribution in [0.15, 0.2) is 60.7 Å². The summed E-state index contributed by atoms with van der Waals surface area (Å²) in [6.07, 6.45) is 1.85. The van der Waals surface area contributed by atoms with Crippen molar-refractivity contribution in [3.63, 3.8) is 0 Å². The topological polar surface area (TPSA) is 46.5 Å². The lowest BCUT2D eigenvalue weighted by atomic mass is 9.86. The molecule has 2 aromatic carbocycles. The zero-order valence-electron chi connectivity index (χ0n) is 13.5. The standard InChI is InChI=1S/C20H24O3/c1-23-20(22)15-14-19(21)18(17-10-6-3-7-11-17)13-12-16-8-4-2-5-9-16/h2-11,18-19,21H,12-15H2,1H3. The van der Waals surface area contributed by atoms with Crippen LogP contribution in [-0.2, 0) is 16.0 Å². The van der Waals surface area contributed by atoms with Gasteiger partial charge in [0.15, 0.2) is 0 Å². The predicted octanol–water partition coefficient (Wildman–Crippen LogP) is 3.72. The highest BCUT2D eigenvalue weighted by Crippen LogP contribution is 2.28. The third-order valence-corrected chi connectivity index (χ3v) is 4.15. The molecule has 0 radical (unpaired) electrons. The second-order valence-electron chi connectivity index (χ2n) is 5.72. The van der Waals surface area contributed by atoms with Gasteiger partial charge in [0.05, 0.1) is 13.2 Å². The SMILES string of the molecule is COC(=O)CCC(O)C(CCc1ccccc1)c1ccccc1. The first-order valence-corrected chi connectivity index (χ1v) is 8.04. The van der Waals surface area contributed by atoms with Crippen LogP contribution in [0.5, 0.6) is 0 Å². The van der Waals surface area contributed by atoms with E-state index in [0.29, 0.717) is 6.42 Å². The van der Waals surface area contributed by atoms with Crippen molar-refractivity contribution in [1.82, 2.24) is 0 Å². The monoisotopic (exact) mass is 312 g/mol. The first kappa shape index (κ1) is 17.2. The fourth-order valence-electron chi connectivity index (χ4n) is 2.82. The van der Waals surface area contributed by atoms with E-state index in [9.17, 15) is 9.90 Å². The lowest BCUT2D eigenvalue weighted by molar-refractivity contribution is -0.141. The number of aliphatic hydroxyl groups excluding tert-OH is 1. The molecule has 2 aromatic rings. The number of rotatable bonds is 8. The summed E-state index contributed by atoms with van der Waals surface area (Å²) in [5.74, 6) is -0.264. The maximum absolute atomic E-state index is 11.3. The molecular weight excluding hydrogens is 288 g/mol. The molecule has 0 heterocycles. The molecule has 0 aliphatic rings. The van der Waals surface area contributed by atoms with Gasteiger partial charge in [-0.3, -0.25) is 4.79 Å². The van der Waals surface area contributed by atoms with Crippen molar-refractivity contribution in [2.75, 3.05) is 7.11 Å². The zero-order chi connectivity index (χ0) is 16.5. The number of hydrogen-bond acceptors (Lipinski definition) is 3. The van der Waals surface area contributed by atoms with E-state index >= 15 is 0 Å². The number of carbonyl (C=O) groups excluding carboxylic acids is 1. The van der Waals surface area contributed by atoms with Gasteiger partial charge in [-0.2, -0.15) is 0 Å².